The van der Waals surface area contributed by atoms with Crippen LogP contribution in [0.3, 0.4) is 0 Å². The normalized spacial score (nSPS) is 12.8. The van der Waals surface area contributed by atoms with Crippen molar-refractivity contribution in [2.45, 2.75) is 12.5 Å². The lowest BCUT2D eigenvalue weighted by atomic mass is 10.1. The Morgan fingerprint density at radius 3 is 2.85 bits per heavy atom. The van der Waals surface area contributed by atoms with Crippen LogP contribution in [-0.2, 0) is 13.5 Å². The summed E-state index contributed by atoms with van der Waals surface area (Å²) < 4.78 is 2.83. The van der Waals surface area contributed by atoms with E-state index in [0.29, 0.717) is 6.42 Å². The first-order valence-corrected chi connectivity index (χ1v) is 7.22. The summed E-state index contributed by atoms with van der Waals surface area (Å²) in [6.07, 6.45) is 2.42. The zero-order valence-electron chi connectivity index (χ0n) is 11.1. The Balaban J connectivity index is 1.96. The number of aromatic nitrogens is 3. The molecule has 20 heavy (non-hydrogen) atoms. The first kappa shape index (κ1) is 13.3. The molecule has 0 aliphatic heterocycles. The highest BCUT2D eigenvalue weighted by molar-refractivity contribution is 9.10. The third-order valence-corrected chi connectivity index (χ3v) is 4.06. The number of fused-ring (bicyclic) bond motifs is 1. The summed E-state index contributed by atoms with van der Waals surface area (Å²) in [6, 6.07) is 11.9. The van der Waals surface area contributed by atoms with Crippen molar-refractivity contribution in [3.63, 3.8) is 0 Å². The van der Waals surface area contributed by atoms with E-state index in [1.165, 1.54) is 0 Å². The Bertz CT molecular complexity index is 750. The summed E-state index contributed by atoms with van der Waals surface area (Å²) in [5.74, 6) is 0. The maximum Gasteiger partial charge on any atom is 0.0722 e. The molecule has 2 heterocycles. The van der Waals surface area contributed by atoms with Gasteiger partial charge in [-0.05, 0) is 34.1 Å². The van der Waals surface area contributed by atoms with Gasteiger partial charge in [-0.25, -0.2) is 0 Å². The van der Waals surface area contributed by atoms with Crippen molar-refractivity contribution in [2.24, 2.45) is 12.8 Å². The second kappa shape index (κ2) is 5.34. The van der Waals surface area contributed by atoms with Crippen LogP contribution in [0.15, 0.2) is 47.1 Å². The van der Waals surface area contributed by atoms with Gasteiger partial charge in [-0.15, -0.1) is 0 Å². The van der Waals surface area contributed by atoms with Crippen molar-refractivity contribution in [3.8, 4) is 0 Å². The van der Waals surface area contributed by atoms with Crippen LogP contribution in [0.4, 0.5) is 0 Å². The molecule has 1 unspecified atom stereocenters. The SMILES string of the molecule is Cn1nc(CC(N)c2ncccc2Br)c2ccccc21. The number of nitrogens with two attached hydrogens (primary N) is 1. The summed E-state index contributed by atoms with van der Waals surface area (Å²) in [6.45, 7) is 0. The van der Waals surface area contributed by atoms with Crippen LogP contribution in [0.25, 0.3) is 10.9 Å². The Hall–Kier alpha value is -1.72. The molecule has 0 radical (unpaired) electrons. The first-order valence-electron chi connectivity index (χ1n) is 6.43. The van der Waals surface area contributed by atoms with Crippen LogP contribution in [-0.4, -0.2) is 14.8 Å². The van der Waals surface area contributed by atoms with Gasteiger partial charge in [-0.3, -0.25) is 9.67 Å². The fraction of sp³-hybridized carbons (Fsp3) is 0.200. The van der Waals surface area contributed by atoms with Gasteiger partial charge >= 0.3 is 0 Å². The predicted octanol–water partition coefficient (Wildman–Crippen LogP) is 2.97. The van der Waals surface area contributed by atoms with E-state index in [1.54, 1.807) is 6.20 Å². The molecule has 2 N–H and O–H groups in total. The zero-order valence-corrected chi connectivity index (χ0v) is 12.7. The molecule has 0 saturated carbocycles. The molecule has 1 aromatic carbocycles. The molecule has 0 fully saturated rings. The van der Waals surface area contributed by atoms with Crippen LogP contribution < -0.4 is 5.73 Å². The Labute approximate surface area is 125 Å². The van der Waals surface area contributed by atoms with Gasteiger partial charge in [0.1, 0.15) is 0 Å². The number of rotatable bonds is 3. The minimum Gasteiger partial charge on any atom is -0.322 e. The van der Waals surface area contributed by atoms with Gasteiger partial charge in [-0.2, -0.15) is 5.10 Å². The standard InChI is InChI=1S/C15H15BrN4/c1-20-14-7-3-2-5-10(14)13(19-20)9-12(17)15-11(16)6-4-8-18-15/h2-8,12H,9,17H2,1H3. The Kier molecular flexibility index (Phi) is 3.54. The van der Waals surface area contributed by atoms with E-state index in [2.05, 4.69) is 38.1 Å². The number of para-hydroxylation sites is 1. The quantitative estimate of drug-likeness (QED) is 0.803. The third kappa shape index (κ3) is 2.34. The second-order valence-corrected chi connectivity index (χ2v) is 5.62. The van der Waals surface area contributed by atoms with Crippen molar-refractivity contribution < 1.29 is 0 Å². The number of aryl methyl sites for hydroxylation is 1. The summed E-state index contributed by atoms with van der Waals surface area (Å²) in [5.41, 5.74) is 9.28. The van der Waals surface area contributed by atoms with E-state index in [4.69, 9.17) is 5.73 Å². The fourth-order valence-corrected chi connectivity index (χ4v) is 2.96. The maximum atomic E-state index is 6.29. The Morgan fingerprint density at radius 2 is 2.05 bits per heavy atom. The lowest BCUT2D eigenvalue weighted by Crippen LogP contribution is -2.16. The molecule has 0 amide bonds. The minimum absolute atomic E-state index is 0.177. The maximum absolute atomic E-state index is 6.29. The van der Waals surface area contributed by atoms with Crippen molar-refractivity contribution >= 4 is 26.8 Å². The van der Waals surface area contributed by atoms with Gasteiger partial charge in [0, 0.05) is 29.5 Å². The molecule has 102 valence electrons. The summed E-state index contributed by atoms with van der Waals surface area (Å²) in [4.78, 5) is 4.35. The average Bonchev–Trinajstić information content (AvgIpc) is 2.76. The third-order valence-electron chi connectivity index (χ3n) is 3.39. The highest BCUT2D eigenvalue weighted by atomic mass is 79.9. The highest BCUT2D eigenvalue weighted by Crippen LogP contribution is 2.25. The number of pyridine rings is 1. The molecule has 0 saturated heterocycles. The number of hydrogen-bond donors (Lipinski definition) is 1. The van der Waals surface area contributed by atoms with E-state index >= 15 is 0 Å². The van der Waals surface area contributed by atoms with Crippen LogP contribution in [0.1, 0.15) is 17.4 Å². The lowest BCUT2D eigenvalue weighted by Gasteiger charge is -2.11. The van der Waals surface area contributed by atoms with Gasteiger partial charge in [0.05, 0.1) is 22.9 Å². The molecule has 3 rings (SSSR count). The molecule has 0 aliphatic carbocycles. The average molecular weight is 331 g/mol. The van der Waals surface area contributed by atoms with E-state index in [9.17, 15) is 0 Å². The number of benzene rings is 1. The first-order chi connectivity index (χ1) is 9.66. The molecule has 1 atom stereocenters. The van der Waals surface area contributed by atoms with E-state index in [1.807, 2.05) is 36.0 Å². The summed E-state index contributed by atoms with van der Waals surface area (Å²) >= 11 is 3.50. The molecule has 2 aromatic heterocycles. The Morgan fingerprint density at radius 1 is 1.25 bits per heavy atom. The fourth-order valence-electron chi connectivity index (χ4n) is 2.42. The van der Waals surface area contributed by atoms with Crippen molar-refractivity contribution in [1.29, 1.82) is 0 Å². The van der Waals surface area contributed by atoms with Gasteiger partial charge < -0.3 is 5.73 Å². The van der Waals surface area contributed by atoms with Gasteiger partial charge in [0.2, 0.25) is 0 Å². The number of halogens is 1. The summed E-state index contributed by atoms with van der Waals surface area (Å²) in [5, 5.41) is 5.73. The number of nitrogens with zero attached hydrogens (tertiary/aromatic N) is 3. The molecule has 5 heteroatoms. The molecule has 3 aromatic rings. The highest BCUT2D eigenvalue weighted by Gasteiger charge is 2.16. The molecule has 0 aliphatic rings. The van der Waals surface area contributed by atoms with Crippen LogP contribution in [0.2, 0.25) is 0 Å². The van der Waals surface area contributed by atoms with Gasteiger partial charge in [0.25, 0.3) is 0 Å². The van der Waals surface area contributed by atoms with Crippen LogP contribution in [0.5, 0.6) is 0 Å². The molecular formula is C15H15BrN4. The van der Waals surface area contributed by atoms with Crippen LogP contribution in [0, 0.1) is 0 Å². The van der Waals surface area contributed by atoms with Crippen molar-refractivity contribution in [1.82, 2.24) is 14.8 Å². The molecule has 4 nitrogen and oxygen atoms in total. The summed E-state index contributed by atoms with van der Waals surface area (Å²) in [7, 11) is 1.95. The zero-order chi connectivity index (χ0) is 14.1. The second-order valence-electron chi connectivity index (χ2n) is 4.77. The van der Waals surface area contributed by atoms with E-state index < -0.39 is 0 Å². The minimum atomic E-state index is -0.177. The molecular weight excluding hydrogens is 316 g/mol. The molecule has 0 bridgehead atoms. The largest absolute Gasteiger partial charge is 0.322 e. The van der Waals surface area contributed by atoms with Crippen molar-refractivity contribution in [3.05, 3.63) is 58.5 Å². The monoisotopic (exact) mass is 330 g/mol. The number of hydrogen-bond acceptors (Lipinski definition) is 3. The van der Waals surface area contributed by atoms with E-state index in [-0.39, 0.29) is 6.04 Å². The molecule has 0 spiro atoms. The van der Waals surface area contributed by atoms with Crippen LogP contribution >= 0.6 is 15.9 Å². The predicted molar refractivity (Wildman–Crippen MR) is 83.3 cm³/mol. The van der Waals surface area contributed by atoms with E-state index in [0.717, 1.165) is 26.8 Å². The van der Waals surface area contributed by atoms with Gasteiger partial charge in [-0.1, -0.05) is 18.2 Å². The van der Waals surface area contributed by atoms with Gasteiger partial charge in [0.15, 0.2) is 0 Å². The van der Waals surface area contributed by atoms with Crippen molar-refractivity contribution in [2.75, 3.05) is 0 Å². The lowest BCUT2D eigenvalue weighted by molar-refractivity contribution is 0.662. The topological polar surface area (TPSA) is 56.7 Å². The smallest absolute Gasteiger partial charge is 0.0722 e.